The van der Waals surface area contributed by atoms with Gasteiger partial charge in [-0.05, 0) is 35.4 Å². The molecule has 0 amide bonds. The maximum absolute atomic E-state index is 12.7. The van der Waals surface area contributed by atoms with E-state index in [2.05, 4.69) is 0 Å². The van der Waals surface area contributed by atoms with E-state index in [0.717, 1.165) is 5.56 Å². The van der Waals surface area contributed by atoms with Crippen LogP contribution in [0.2, 0.25) is 0 Å². The lowest BCUT2D eigenvalue weighted by Crippen LogP contribution is -2.02. The van der Waals surface area contributed by atoms with Gasteiger partial charge in [0.05, 0.1) is 17.7 Å². The summed E-state index contributed by atoms with van der Waals surface area (Å²) in [6, 6.07) is 14.9. The number of benzene rings is 2. The number of nitrogens with zero attached hydrogens (tertiary/aromatic N) is 1. The van der Waals surface area contributed by atoms with E-state index < -0.39 is 6.10 Å². The van der Waals surface area contributed by atoms with Gasteiger partial charge < -0.3 is 5.11 Å². The number of halogens is 1. The van der Waals surface area contributed by atoms with Crippen molar-refractivity contribution in [2.75, 3.05) is 0 Å². The number of hydrogen-bond acceptors (Lipinski definition) is 2. The van der Waals surface area contributed by atoms with Crippen molar-refractivity contribution < 1.29 is 9.50 Å². The molecule has 3 heteroatoms. The first-order valence-corrected chi connectivity index (χ1v) is 5.61. The molecule has 0 spiro atoms. The monoisotopic (exact) mass is 241 g/mol. The molecule has 1 unspecified atom stereocenters. The highest BCUT2D eigenvalue weighted by atomic mass is 19.1. The minimum atomic E-state index is -0.691. The normalized spacial score (nSPS) is 11.8. The van der Waals surface area contributed by atoms with Crippen LogP contribution in [-0.4, -0.2) is 5.11 Å². The van der Waals surface area contributed by atoms with E-state index in [-0.39, 0.29) is 5.82 Å². The first-order valence-electron chi connectivity index (χ1n) is 5.61. The number of rotatable bonds is 3. The fraction of sp³-hybridized carbons (Fsp3) is 0.133. The van der Waals surface area contributed by atoms with Crippen LogP contribution in [0, 0.1) is 17.1 Å². The molecule has 0 saturated heterocycles. The van der Waals surface area contributed by atoms with Crippen LogP contribution in [0.15, 0.2) is 48.5 Å². The average Bonchev–Trinajstić information content (AvgIpc) is 2.41. The van der Waals surface area contributed by atoms with Crippen molar-refractivity contribution in [2.45, 2.75) is 12.5 Å². The minimum absolute atomic E-state index is 0.292. The minimum Gasteiger partial charge on any atom is -0.388 e. The molecule has 0 aliphatic heterocycles. The second-order valence-corrected chi connectivity index (χ2v) is 4.08. The Morgan fingerprint density at radius 2 is 1.89 bits per heavy atom. The van der Waals surface area contributed by atoms with Crippen molar-refractivity contribution in [1.82, 2.24) is 0 Å². The Hall–Kier alpha value is -2.18. The fourth-order valence-electron chi connectivity index (χ4n) is 1.78. The van der Waals surface area contributed by atoms with Gasteiger partial charge >= 0.3 is 0 Å². The Morgan fingerprint density at radius 1 is 1.17 bits per heavy atom. The number of hydrogen-bond donors (Lipinski definition) is 1. The van der Waals surface area contributed by atoms with Crippen LogP contribution in [0.3, 0.4) is 0 Å². The first kappa shape index (κ1) is 12.3. The van der Waals surface area contributed by atoms with Crippen LogP contribution in [0.5, 0.6) is 0 Å². The maximum atomic E-state index is 12.7. The van der Waals surface area contributed by atoms with E-state index in [9.17, 15) is 9.50 Å². The summed E-state index contributed by atoms with van der Waals surface area (Å²) >= 11 is 0. The van der Waals surface area contributed by atoms with E-state index in [1.165, 1.54) is 12.1 Å². The van der Waals surface area contributed by atoms with Gasteiger partial charge in [-0.1, -0.05) is 24.3 Å². The molecule has 0 saturated carbocycles. The van der Waals surface area contributed by atoms with Crippen molar-refractivity contribution in [3.8, 4) is 6.07 Å². The molecule has 0 aromatic heterocycles. The van der Waals surface area contributed by atoms with E-state index in [1.807, 2.05) is 6.07 Å². The lowest BCUT2D eigenvalue weighted by atomic mass is 10.00. The smallest absolute Gasteiger partial charge is 0.123 e. The highest BCUT2D eigenvalue weighted by Crippen LogP contribution is 2.19. The second kappa shape index (κ2) is 5.44. The number of aliphatic hydroxyl groups excluding tert-OH is 1. The van der Waals surface area contributed by atoms with E-state index in [0.29, 0.717) is 17.5 Å². The lowest BCUT2D eigenvalue weighted by Gasteiger charge is -2.11. The molecule has 0 aliphatic carbocycles. The van der Waals surface area contributed by atoms with Gasteiger partial charge in [0.15, 0.2) is 0 Å². The van der Waals surface area contributed by atoms with Gasteiger partial charge in [0, 0.05) is 6.42 Å². The van der Waals surface area contributed by atoms with Crippen LogP contribution in [-0.2, 0) is 6.42 Å². The molecule has 1 atom stereocenters. The number of nitriles is 1. The van der Waals surface area contributed by atoms with Crippen molar-refractivity contribution in [1.29, 1.82) is 5.26 Å². The van der Waals surface area contributed by atoms with Crippen molar-refractivity contribution >= 4 is 0 Å². The molecule has 0 aliphatic rings. The molecule has 0 radical (unpaired) electrons. The van der Waals surface area contributed by atoms with Crippen LogP contribution < -0.4 is 0 Å². The summed E-state index contributed by atoms with van der Waals surface area (Å²) in [4.78, 5) is 0. The largest absolute Gasteiger partial charge is 0.388 e. The third kappa shape index (κ3) is 2.93. The van der Waals surface area contributed by atoms with E-state index in [1.54, 1.807) is 36.4 Å². The fourth-order valence-corrected chi connectivity index (χ4v) is 1.78. The predicted octanol–water partition coefficient (Wildman–Crippen LogP) is 2.97. The summed E-state index contributed by atoms with van der Waals surface area (Å²) in [6.07, 6.45) is -0.293. The zero-order chi connectivity index (χ0) is 13.0. The third-order valence-corrected chi connectivity index (χ3v) is 2.74. The zero-order valence-electron chi connectivity index (χ0n) is 9.68. The summed E-state index contributed by atoms with van der Waals surface area (Å²) in [7, 11) is 0. The van der Waals surface area contributed by atoms with Crippen molar-refractivity contribution in [3.05, 3.63) is 71.0 Å². The Labute approximate surface area is 105 Å². The summed E-state index contributed by atoms with van der Waals surface area (Å²) in [5.41, 5.74) is 2.07. The van der Waals surface area contributed by atoms with Crippen LogP contribution >= 0.6 is 0 Å². The van der Waals surface area contributed by atoms with Crippen molar-refractivity contribution in [3.63, 3.8) is 0 Å². The summed E-state index contributed by atoms with van der Waals surface area (Å²) < 4.78 is 12.7. The summed E-state index contributed by atoms with van der Waals surface area (Å²) in [5.74, 6) is -0.292. The van der Waals surface area contributed by atoms with Gasteiger partial charge in [-0.2, -0.15) is 5.26 Å². The third-order valence-electron chi connectivity index (χ3n) is 2.74. The van der Waals surface area contributed by atoms with E-state index in [4.69, 9.17) is 5.26 Å². The zero-order valence-corrected chi connectivity index (χ0v) is 9.68. The van der Waals surface area contributed by atoms with Gasteiger partial charge in [-0.3, -0.25) is 0 Å². The molecule has 0 heterocycles. The number of aliphatic hydroxyl groups is 1. The highest BCUT2D eigenvalue weighted by molar-refractivity contribution is 5.34. The van der Waals surface area contributed by atoms with Crippen LogP contribution in [0.25, 0.3) is 0 Å². The maximum Gasteiger partial charge on any atom is 0.123 e. The van der Waals surface area contributed by atoms with Crippen LogP contribution in [0.4, 0.5) is 4.39 Å². The van der Waals surface area contributed by atoms with Gasteiger partial charge in [-0.15, -0.1) is 0 Å². The van der Waals surface area contributed by atoms with Gasteiger partial charge in [0.25, 0.3) is 0 Å². The topological polar surface area (TPSA) is 44.0 Å². The molecule has 2 aromatic rings. The summed E-state index contributed by atoms with van der Waals surface area (Å²) in [6.45, 7) is 0. The Morgan fingerprint density at radius 3 is 2.56 bits per heavy atom. The predicted molar refractivity (Wildman–Crippen MR) is 66.2 cm³/mol. The molecule has 90 valence electrons. The van der Waals surface area contributed by atoms with Gasteiger partial charge in [0.1, 0.15) is 5.82 Å². The van der Waals surface area contributed by atoms with Gasteiger partial charge in [0.2, 0.25) is 0 Å². The molecule has 2 rings (SSSR count). The molecule has 18 heavy (non-hydrogen) atoms. The molecule has 2 nitrogen and oxygen atoms in total. The van der Waals surface area contributed by atoms with Crippen LogP contribution in [0.1, 0.15) is 22.8 Å². The molecule has 0 bridgehead atoms. The SMILES string of the molecule is N#Cc1cccc(C(O)Cc2ccc(F)cc2)c1. The quantitative estimate of drug-likeness (QED) is 0.897. The standard InChI is InChI=1S/C15H12FNO/c16-14-6-4-11(5-7-14)9-15(18)13-3-1-2-12(8-13)10-17/h1-8,15,18H,9H2. The Kier molecular flexibility index (Phi) is 3.71. The highest BCUT2D eigenvalue weighted by Gasteiger charge is 2.09. The molecular weight excluding hydrogens is 229 g/mol. The average molecular weight is 241 g/mol. The molecule has 2 aromatic carbocycles. The Balaban J connectivity index is 2.14. The summed E-state index contributed by atoms with van der Waals surface area (Å²) in [5, 5.41) is 18.9. The Bertz CT molecular complexity index is 572. The second-order valence-electron chi connectivity index (χ2n) is 4.08. The lowest BCUT2D eigenvalue weighted by molar-refractivity contribution is 0.178. The first-order chi connectivity index (χ1) is 8.69. The molecule has 0 fully saturated rings. The van der Waals surface area contributed by atoms with Gasteiger partial charge in [-0.25, -0.2) is 4.39 Å². The van der Waals surface area contributed by atoms with E-state index >= 15 is 0 Å². The molecular formula is C15H12FNO. The molecule has 1 N–H and O–H groups in total. The van der Waals surface area contributed by atoms with Crippen molar-refractivity contribution in [2.24, 2.45) is 0 Å².